The number of imidazole rings is 1. The van der Waals surface area contributed by atoms with Crippen molar-refractivity contribution in [1.82, 2.24) is 14.6 Å². The predicted molar refractivity (Wildman–Crippen MR) is 82.1 cm³/mol. The van der Waals surface area contributed by atoms with Crippen LogP contribution in [0.15, 0.2) is 35.1 Å². The summed E-state index contributed by atoms with van der Waals surface area (Å²) in [5.41, 5.74) is 5.01. The van der Waals surface area contributed by atoms with E-state index in [9.17, 15) is 0 Å². The first-order valence-corrected chi connectivity index (χ1v) is 7.05. The molecule has 4 nitrogen and oxygen atoms in total. The van der Waals surface area contributed by atoms with E-state index in [4.69, 9.17) is 4.74 Å². The van der Waals surface area contributed by atoms with E-state index < -0.39 is 0 Å². The molecule has 2 heterocycles. The zero-order valence-electron chi connectivity index (χ0n) is 11.5. The molecule has 0 amide bonds. The summed E-state index contributed by atoms with van der Waals surface area (Å²) < 4.78 is 8.11. The van der Waals surface area contributed by atoms with Gasteiger partial charge in [-0.25, -0.2) is 9.50 Å². The molecule has 0 aliphatic rings. The second-order valence-electron chi connectivity index (χ2n) is 4.73. The molecule has 20 heavy (non-hydrogen) atoms. The molecule has 0 unspecified atom stereocenters. The average Bonchev–Trinajstić information content (AvgIpc) is 2.79. The maximum absolute atomic E-state index is 5.51. The van der Waals surface area contributed by atoms with E-state index in [1.807, 2.05) is 18.2 Å². The van der Waals surface area contributed by atoms with Crippen molar-refractivity contribution in [2.75, 3.05) is 7.11 Å². The summed E-state index contributed by atoms with van der Waals surface area (Å²) >= 11 is 3.45. The van der Waals surface area contributed by atoms with E-state index >= 15 is 0 Å². The van der Waals surface area contributed by atoms with Gasteiger partial charge in [0.2, 0.25) is 0 Å². The summed E-state index contributed by atoms with van der Waals surface area (Å²) in [5, 5.41) is 4.63. The van der Waals surface area contributed by atoms with E-state index in [0.29, 0.717) is 0 Å². The summed E-state index contributed by atoms with van der Waals surface area (Å²) in [4.78, 5) is 4.25. The normalized spacial score (nSPS) is 11.0. The summed E-state index contributed by atoms with van der Waals surface area (Å²) in [6.45, 7) is 4.13. The number of rotatable bonds is 2. The fourth-order valence-electron chi connectivity index (χ4n) is 2.40. The van der Waals surface area contributed by atoms with Crippen LogP contribution in [0.5, 0.6) is 5.75 Å². The Morgan fingerprint density at radius 3 is 2.75 bits per heavy atom. The first-order valence-electron chi connectivity index (χ1n) is 6.26. The first kappa shape index (κ1) is 13.1. The molecule has 3 aromatic rings. The maximum Gasteiger partial charge on any atom is 0.154 e. The zero-order chi connectivity index (χ0) is 14.3. The number of hydrogen-bond acceptors (Lipinski definition) is 3. The predicted octanol–water partition coefficient (Wildman–Crippen LogP) is 3.78. The van der Waals surface area contributed by atoms with Crippen LogP contribution in [0, 0.1) is 13.8 Å². The monoisotopic (exact) mass is 331 g/mol. The first-order chi connectivity index (χ1) is 9.60. The number of halogens is 1. The molecular weight excluding hydrogens is 318 g/mol. The molecule has 0 saturated heterocycles. The third kappa shape index (κ3) is 2.08. The van der Waals surface area contributed by atoms with Gasteiger partial charge in [0.1, 0.15) is 10.4 Å². The fraction of sp³-hybridized carbons (Fsp3) is 0.200. The van der Waals surface area contributed by atoms with Gasteiger partial charge in [0, 0.05) is 5.56 Å². The summed E-state index contributed by atoms with van der Waals surface area (Å²) in [6.07, 6.45) is 1.74. The molecule has 102 valence electrons. The second-order valence-corrected chi connectivity index (χ2v) is 5.54. The van der Waals surface area contributed by atoms with Crippen LogP contribution in [-0.2, 0) is 0 Å². The van der Waals surface area contributed by atoms with Crippen molar-refractivity contribution in [2.45, 2.75) is 13.8 Å². The van der Waals surface area contributed by atoms with E-state index in [1.54, 1.807) is 17.8 Å². The van der Waals surface area contributed by atoms with Crippen LogP contribution in [0.4, 0.5) is 0 Å². The lowest BCUT2D eigenvalue weighted by molar-refractivity contribution is 0.415. The van der Waals surface area contributed by atoms with Crippen LogP contribution in [0.3, 0.4) is 0 Å². The Morgan fingerprint density at radius 2 is 2.00 bits per heavy atom. The van der Waals surface area contributed by atoms with Gasteiger partial charge in [0.15, 0.2) is 5.65 Å². The maximum atomic E-state index is 5.51. The van der Waals surface area contributed by atoms with E-state index in [-0.39, 0.29) is 0 Å². The van der Waals surface area contributed by atoms with Gasteiger partial charge in [-0.2, -0.15) is 5.10 Å². The minimum absolute atomic E-state index is 0.810. The van der Waals surface area contributed by atoms with Gasteiger partial charge in [-0.05, 0) is 59.1 Å². The Labute approximate surface area is 125 Å². The third-order valence-corrected chi connectivity index (χ3v) is 3.78. The molecule has 0 N–H and O–H groups in total. The van der Waals surface area contributed by atoms with Crippen molar-refractivity contribution in [3.63, 3.8) is 0 Å². The largest absolute Gasteiger partial charge is 0.496 e. The van der Waals surface area contributed by atoms with Crippen molar-refractivity contribution in [3.8, 4) is 17.0 Å². The molecule has 0 spiro atoms. The highest BCUT2D eigenvalue weighted by molar-refractivity contribution is 9.10. The van der Waals surface area contributed by atoms with Crippen LogP contribution in [0.1, 0.15) is 11.1 Å². The van der Waals surface area contributed by atoms with Crippen LogP contribution in [0.25, 0.3) is 16.9 Å². The highest BCUT2D eigenvalue weighted by atomic mass is 79.9. The van der Waals surface area contributed by atoms with E-state index in [0.717, 1.165) is 32.8 Å². The second kappa shape index (κ2) is 4.90. The average molecular weight is 332 g/mol. The molecule has 0 radical (unpaired) electrons. The van der Waals surface area contributed by atoms with E-state index in [1.165, 1.54) is 5.56 Å². The number of nitrogens with zero attached hydrogens (tertiary/aromatic N) is 3. The molecule has 0 aliphatic heterocycles. The molecule has 0 atom stereocenters. The molecule has 1 aromatic carbocycles. The van der Waals surface area contributed by atoms with Gasteiger partial charge in [-0.1, -0.05) is 6.07 Å². The van der Waals surface area contributed by atoms with Crippen LogP contribution >= 0.6 is 15.9 Å². The van der Waals surface area contributed by atoms with Gasteiger partial charge in [-0.15, -0.1) is 0 Å². The third-order valence-electron chi connectivity index (χ3n) is 3.24. The molecule has 0 aliphatic carbocycles. The van der Waals surface area contributed by atoms with Crippen LogP contribution in [-0.4, -0.2) is 21.7 Å². The highest BCUT2D eigenvalue weighted by Crippen LogP contribution is 2.33. The van der Waals surface area contributed by atoms with Crippen molar-refractivity contribution < 1.29 is 4.74 Å². The van der Waals surface area contributed by atoms with Gasteiger partial charge in [0.25, 0.3) is 0 Å². The minimum Gasteiger partial charge on any atom is -0.496 e. The lowest BCUT2D eigenvalue weighted by atomic mass is 10.0. The van der Waals surface area contributed by atoms with Crippen molar-refractivity contribution >= 4 is 21.6 Å². The number of hydrogen-bond donors (Lipinski definition) is 0. The zero-order valence-corrected chi connectivity index (χ0v) is 13.1. The fourth-order valence-corrected chi connectivity index (χ4v) is 2.76. The smallest absolute Gasteiger partial charge is 0.154 e. The van der Waals surface area contributed by atoms with E-state index in [2.05, 4.69) is 45.9 Å². The number of fused-ring (bicyclic) bond motifs is 1. The molecular formula is C15H14BrN3O. The van der Waals surface area contributed by atoms with Gasteiger partial charge < -0.3 is 4.74 Å². The van der Waals surface area contributed by atoms with Crippen molar-refractivity contribution in [3.05, 3.63) is 46.2 Å². The minimum atomic E-state index is 0.810. The Morgan fingerprint density at radius 1 is 1.20 bits per heavy atom. The summed E-state index contributed by atoms with van der Waals surface area (Å²) in [6, 6.07) is 8.07. The molecule has 2 aromatic heterocycles. The van der Waals surface area contributed by atoms with Gasteiger partial charge in [-0.3, -0.25) is 0 Å². The highest BCUT2D eigenvalue weighted by Gasteiger charge is 2.13. The number of aromatic nitrogens is 3. The lowest BCUT2D eigenvalue weighted by Crippen LogP contribution is -1.98. The Balaban J connectivity index is 2.27. The quantitative estimate of drug-likeness (QED) is 0.717. The summed E-state index contributed by atoms with van der Waals surface area (Å²) in [7, 11) is 1.68. The topological polar surface area (TPSA) is 39.4 Å². The van der Waals surface area contributed by atoms with Crippen molar-refractivity contribution in [1.29, 1.82) is 0 Å². The van der Waals surface area contributed by atoms with Crippen LogP contribution < -0.4 is 4.74 Å². The van der Waals surface area contributed by atoms with Crippen molar-refractivity contribution in [2.24, 2.45) is 0 Å². The SMILES string of the molecule is COc1cc(C)cc(C)c1-c1ccc2ncc(Br)n2n1. The lowest BCUT2D eigenvalue weighted by Gasteiger charge is -2.12. The summed E-state index contributed by atoms with van der Waals surface area (Å²) in [5.74, 6) is 0.839. The number of benzene rings is 1. The van der Waals surface area contributed by atoms with Crippen LogP contribution in [0.2, 0.25) is 0 Å². The Kier molecular flexibility index (Phi) is 3.22. The molecule has 5 heteroatoms. The standard InChI is InChI=1S/C15H14BrN3O/c1-9-6-10(2)15(12(7-9)20-3)11-4-5-14-17-8-13(16)19(14)18-11/h4-8H,1-3H3. The molecule has 3 rings (SSSR count). The molecule has 0 fully saturated rings. The number of ether oxygens (including phenoxy) is 1. The molecule has 0 bridgehead atoms. The Hall–Kier alpha value is -1.88. The Bertz CT molecular complexity index is 795. The molecule has 0 saturated carbocycles. The number of methoxy groups -OCH3 is 1. The van der Waals surface area contributed by atoms with Gasteiger partial charge >= 0.3 is 0 Å². The number of aryl methyl sites for hydroxylation is 2. The van der Waals surface area contributed by atoms with Gasteiger partial charge in [0.05, 0.1) is 19.0 Å².